The Balaban J connectivity index is 1.16. The fraction of sp³-hybridized carbons (Fsp3) is 0. The number of aromatic nitrogens is 5. The molecule has 12 aromatic rings. The van der Waals surface area contributed by atoms with Crippen molar-refractivity contribution in [3.8, 4) is 39.6 Å². The van der Waals surface area contributed by atoms with Gasteiger partial charge in [-0.3, -0.25) is 0 Å². The Hall–Kier alpha value is -7.70. The molecule has 0 aliphatic carbocycles. The lowest BCUT2D eigenvalue weighted by molar-refractivity contribution is 0.669. The monoisotopic (exact) mass is 717 g/mol. The van der Waals surface area contributed by atoms with Gasteiger partial charge in [-0.15, -0.1) is 5.10 Å². The second kappa shape index (κ2) is 11.9. The lowest BCUT2D eigenvalue weighted by atomic mass is 10.0. The predicted octanol–water partition coefficient (Wildman–Crippen LogP) is 12.7. The van der Waals surface area contributed by atoms with E-state index in [1.807, 2.05) is 47.1 Å². The highest BCUT2D eigenvalue weighted by atomic mass is 16.3. The Kier molecular flexibility index (Phi) is 6.53. The number of nitrogens with zero attached hydrogens (tertiary/aromatic N) is 5. The summed E-state index contributed by atoms with van der Waals surface area (Å²) in [5.41, 5.74) is 13.2. The lowest BCUT2D eigenvalue weighted by Crippen LogP contribution is -2.03. The van der Waals surface area contributed by atoms with E-state index in [1.54, 1.807) is 0 Å². The van der Waals surface area contributed by atoms with E-state index in [0.717, 1.165) is 83.6 Å². The number of hydrogen-bond donors (Lipinski definition) is 0. The summed E-state index contributed by atoms with van der Waals surface area (Å²) in [6.45, 7) is 0. The maximum atomic E-state index is 6.39. The average molecular weight is 718 g/mol. The Labute approximate surface area is 320 Å². The summed E-state index contributed by atoms with van der Waals surface area (Å²) in [6, 6.07) is 66.2. The number of benzene rings is 8. The number of hydrogen-bond acceptors (Lipinski definition) is 3. The SMILES string of the molecule is c1ccc(-c2nnn(-c3ccccc3)c2-c2ccc3c4ccccc4n(-c4ccccc4-n4c5ccccc5c5c6c(ccc54)oc4ccccc46)c3c2)cc1. The van der Waals surface area contributed by atoms with Crippen molar-refractivity contribution >= 4 is 65.6 Å². The number of furan rings is 1. The van der Waals surface area contributed by atoms with E-state index in [-0.39, 0.29) is 0 Å². The van der Waals surface area contributed by atoms with Crippen molar-refractivity contribution in [2.45, 2.75) is 0 Å². The van der Waals surface area contributed by atoms with Gasteiger partial charge < -0.3 is 13.6 Å². The second-order valence-corrected chi connectivity index (χ2v) is 14.3. The van der Waals surface area contributed by atoms with Crippen LogP contribution in [0.5, 0.6) is 0 Å². The van der Waals surface area contributed by atoms with E-state index < -0.39 is 0 Å². The van der Waals surface area contributed by atoms with E-state index in [4.69, 9.17) is 14.7 Å². The van der Waals surface area contributed by atoms with Gasteiger partial charge in [-0.2, -0.15) is 0 Å². The summed E-state index contributed by atoms with van der Waals surface area (Å²) < 4.78 is 13.2. The molecule has 56 heavy (non-hydrogen) atoms. The molecule has 12 rings (SSSR count). The van der Waals surface area contributed by atoms with Crippen LogP contribution in [-0.4, -0.2) is 24.1 Å². The van der Waals surface area contributed by atoms with E-state index in [2.05, 4.69) is 155 Å². The van der Waals surface area contributed by atoms with Crippen molar-refractivity contribution in [1.29, 1.82) is 0 Å². The molecule has 0 atom stereocenters. The molecule has 4 heterocycles. The molecular weight excluding hydrogens is 687 g/mol. The van der Waals surface area contributed by atoms with Crippen molar-refractivity contribution < 1.29 is 4.42 Å². The van der Waals surface area contributed by atoms with E-state index in [1.165, 1.54) is 21.5 Å². The lowest BCUT2D eigenvalue weighted by Gasteiger charge is -2.17. The quantitative estimate of drug-likeness (QED) is 0.178. The van der Waals surface area contributed by atoms with Crippen LogP contribution in [0.1, 0.15) is 0 Å². The minimum absolute atomic E-state index is 0.834. The van der Waals surface area contributed by atoms with Gasteiger partial charge in [-0.25, -0.2) is 4.68 Å². The maximum Gasteiger partial charge on any atom is 0.136 e. The topological polar surface area (TPSA) is 53.7 Å². The molecule has 8 aromatic carbocycles. The van der Waals surface area contributed by atoms with Gasteiger partial charge in [0.2, 0.25) is 0 Å². The molecule has 262 valence electrons. The van der Waals surface area contributed by atoms with Crippen LogP contribution in [0.4, 0.5) is 0 Å². The largest absolute Gasteiger partial charge is 0.456 e. The highest BCUT2D eigenvalue weighted by Crippen LogP contribution is 2.44. The first-order chi connectivity index (χ1) is 27.8. The van der Waals surface area contributed by atoms with Crippen molar-refractivity contribution in [2.75, 3.05) is 0 Å². The molecule has 0 fully saturated rings. The summed E-state index contributed by atoms with van der Waals surface area (Å²) in [5.74, 6) is 0. The summed E-state index contributed by atoms with van der Waals surface area (Å²) in [5, 5.41) is 16.5. The summed E-state index contributed by atoms with van der Waals surface area (Å²) in [7, 11) is 0. The molecule has 0 aliphatic heterocycles. The van der Waals surface area contributed by atoms with Crippen molar-refractivity contribution in [3.05, 3.63) is 188 Å². The van der Waals surface area contributed by atoms with E-state index >= 15 is 0 Å². The molecule has 6 heteroatoms. The maximum absolute atomic E-state index is 6.39. The number of para-hydroxylation sites is 6. The van der Waals surface area contributed by atoms with Gasteiger partial charge >= 0.3 is 0 Å². The van der Waals surface area contributed by atoms with Crippen LogP contribution in [0, 0.1) is 0 Å². The summed E-state index contributed by atoms with van der Waals surface area (Å²) >= 11 is 0. The van der Waals surface area contributed by atoms with Gasteiger partial charge in [-0.1, -0.05) is 133 Å². The van der Waals surface area contributed by atoms with Crippen molar-refractivity contribution in [1.82, 2.24) is 24.1 Å². The molecule has 0 radical (unpaired) electrons. The molecule has 0 aliphatic rings. The minimum atomic E-state index is 0.834. The van der Waals surface area contributed by atoms with Gasteiger partial charge in [-0.05, 0) is 60.7 Å². The number of fused-ring (bicyclic) bond motifs is 10. The van der Waals surface area contributed by atoms with Crippen molar-refractivity contribution in [2.24, 2.45) is 0 Å². The first kappa shape index (κ1) is 30.7. The normalized spacial score (nSPS) is 11.9. The van der Waals surface area contributed by atoms with E-state index in [0.29, 0.717) is 0 Å². The molecular formula is C50H31N5O. The first-order valence-electron chi connectivity index (χ1n) is 18.9. The standard InChI is InChI=1S/C50H31N5O/c1-3-15-32(16-4-1)49-50(55(52-51-49)34-17-5-2-6-18-34)33-27-28-36-35-19-7-10-22-39(35)54(44(36)31-33)42-25-13-12-24-41(42)53-40-23-11-8-20-37(40)47-43(53)29-30-46-48(47)38-21-9-14-26-45(38)56-46/h1-31H. The minimum Gasteiger partial charge on any atom is -0.456 e. The molecule has 0 spiro atoms. The van der Waals surface area contributed by atoms with Crippen LogP contribution in [0.15, 0.2) is 192 Å². The van der Waals surface area contributed by atoms with Gasteiger partial charge in [0, 0.05) is 43.4 Å². The van der Waals surface area contributed by atoms with Gasteiger partial charge in [0.1, 0.15) is 22.6 Å². The molecule has 0 unspecified atom stereocenters. The Morgan fingerprint density at radius 2 is 1.00 bits per heavy atom. The zero-order valence-corrected chi connectivity index (χ0v) is 30.0. The smallest absolute Gasteiger partial charge is 0.136 e. The summed E-state index contributed by atoms with van der Waals surface area (Å²) in [6.07, 6.45) is 0. The third kappa shape index (κ3) is 4.38. The average Bonchev–Trinajstić information content (AvgIpc) is 4.03. The van der Waals surface area contributed by atoms with Crippen LogP contribution >= 0.6 is 0 Å². The first-order valence-corrected chi connectivity index (χ1v) is 18.9. The van der Waals surface area contributed by atoms with Crippen LogP contribution in [0.25, 0.3) is 105 Å². The third-order valence-electron chi connectivity index (χ3n) is 11.2. The third-order valence-corrected chi connectivity index (χ3v) is 11.2. The molecule has 4 aromatic heterocycles. The van der Waals surface area contributed by atoms with Gasteiger partial charge in [0.25, 0.3) is 0 Å². The molecule has 0 saturated heterocycles. The highest BCUT2D eigenvalue weighted by Gasteiger charge is 2.24. The Morgan fingerprint density at radius 1 is 0.393 bits per heavy atom. The fourth-order valence-corrected chi connectivity index (χ4v) is 8.83. The molecule has 0 bridgehead atoms. The van der Waals surface area contributed by atoms with Crippen LogP contribution in [0.2, 0.25) is 0 Å². The van der Waals surface area contributed by atoms with Crippen molar-refractivity contribution in [3.63, 3.8) is 0 Å². The molecule has 0 N–H and O–H groups in total. The second-order valence-electron chi connectivity index (χ2n) is 14.3. The van der Waals surface area contributed by atoms with Gasteiger partial charge in [0.05, 0.1) is 39.1 Å². The Morgan fingerprint density at radius 3 is 1.79 bits per heavy atom. The fourth-order valence-electron chi connectivity index (χ4n) is 8.83. The van der Waals surface area contributed by atoms with Crippen LogP contribution in [-0.2, 0) is 0 Å². The summed E-state index contributed by atoms with van der Waals surface area (Å²) in [4.78, 5) is 0. The van der Waals surface area contributed by atoms with E-state index in [9.17, 15) is 0 Å². The Bertz CT molecular complexity index is 3420. The zero-order valence-electron chi connectivity index (χ0n) is 30.0. The zero-order chi connectivity index (χ0) is 36.7. The molecule has 0 amide bonds. The predicted molar refractivity (Wildman–Crippen MR) is 228 cm³/mol. The van der Waals surface area contributed by atoms with Crippen LogP contribution in [0.3, 0.4) is 0 Å². The highest BCUT2D eigenvalue weighted by molar-refractivity contribution is 6.27. The molecule has 0 saturated carbocycles. The van der Waals surface area contributed by atoms with Crippen LogP contribution < -0.4 is 0 Å². The molecule has 6 nitrogen and oxygen atoms in total. The number of rotatable bonds is 5. The van der Waals surface area contributed by atoms with Gasteiger partial charge in [0.15, 0.2) is 0 Å².